The molecule has 3 aromatic rings. The molecule has 19 nitrogen and oxygen atoms in total. The van der Waals surface area contributed by atoms with Crippen LogP contribution in [-0.2, 0) is 57.2 Å². The molecule has 1 aliphatic heterocycles. The summed E-state index contributed by atoms with van der Waals surface area (Å²) in [5, 5.41) is 31.9. The van der Waals surface area contributed by atoms with Gasteiger partial charge in [-0.05, 0) is 88.3 Å². The van der Waals surface area contributed by atoms with Crippen molar-refractivity contribution in [1.82, 2.24) is 15.5 Å². The predicted molar refractivity (Wildman–Crippen MR) is 272 cm³/mol. The van der Waals surface area contributed by atoms with Crippen molar-refractivity contribution in [2.75, 3.05) is 33.8 Å². The zero-order chi connectivity index (χ0) is 55.3. The summed E-state index contributed by atoms with van der Waals surface area (Å²) in [6, 6.07) is 22.7. The monoisotopic (exact) mass is 1050 g/mol. The number of carbonyl (C=O) groups excluding carboxylic acids is 8. The van der Waals surface area contributed by atoms with E-state index in [-0.39, 0.29) is 60.5 Å². The molecule has 0 aromatic heterocycles. The molecule has 3 aromatic carbocycles. The van der Waals surface area contributed by atoms with E-state index in [1.165, 1.54) is 26.0 Å². The molecule has 4 N–H and O–H groups in total. The van der Waals surface area contributed by atoms with Gasteiger partial charge in [0.2, 0.25) is 12.0 Å². The number of aliphatic hydroxyl groups excluding tert-OH is 1. The highest BCUT2D eigenvalue weighted by Gasteiger charge is 2.78. The Balaban J connectivity index is 1.35. The Morgan fingerprint density at radius 2 is 1.43 bits per heavy atom. The number of aliphatic hydroxyl groups is 2. The highest BCUT2D eigenvalue weighted by molar-refractivity contribution is 5.96. The van der Waals surface area contributed by atoms with E-state index in [2.05, 4.69) is 10.6 Å². The molecule has 19 heteroatoms. The normalized spacial score (nSPS) is 28.1. The van der Waals surface area contributed by atoms with Crippen LogP contribution in [0.4, 0.5) is 0 Å². The van der Waals surface area contributed by atoms with E-state index >= 15 is 9.59 Å². The third-order valence-electron chi connectivity index (χ3n) is 15.6. The Morgan fingerprint density at radius 1 is 0.816 bits per heavy atom. The number of nitrogens with one attached hydrogen (secondary N) is 2. The van der Waals surface area contributed by atoms with Crippen LogP contribution in [0.5, 0.6) is 0 Å². The summed E-state index contributed by atoms with van der Waals surface area (Å²) in [6.07, 6.45) is -10.5. The molecule has 1 saturated heterocycles. The zero-order valence-corrected chi connectivity index (χ0v) is 44.2. The first-order valence-electron chi connectivity index (χ1n) is 25.6. The van der Waals surface area contributed by atoms with Crippen LogP contribution in [-0.4, -0.2) is 144 Å². The van der Waals surface area contributed by atoms with E-state index < -0.39 is 119 Å². The van der Waals surface area contributed by atoms with Crippen molar-refractivity contribution in [1.29, 1.82) is 0 Å². The van der Waals surface area contributed by atoms with Gasteiger partial charge in [0.1, 0.15) is 30.0 Å². The SMILES string of the molecule is CC(=O)OC1C(=O)[C@@]2(C)[C@H]([C@H](OC(=O)c3ccccc3)[C@]3(O)CC(OC(=O)C(OC(=O)CCCC(=O)NCCCN(C)C)C(NC(=O)c4ccccc4)c4ccccc4)C(C)=C1C3(C)C)[C@]1(OC(C)=O)CO[C@@H]1C[C@@H]2O. The molecule has 7 rings (SSSR count). The van der Waals surface area contributed by atoms with Crippen LogP contribution >= 0.6 is 0 Å². The lowest BCUT2D eigenvalue weighted by atomic mass is 9.44. The summed E-state index contributed by atoms with van der Waals surface area (Å²) in [5.74, 6) is -8.30. The largest absolute Gasteiger partial charge is 0.455 e. The first kappa shape index (κ1) is 56.9. The molecule has 2 amide bonds. The molecule has 408 valence electrons. The van der Waals surface area contributed by atoms with Gasteiger partial charge in [-0.3, -0.25) is 28.8 Å². The van der Waals surface area contributed by atoms with Gasteiger partial charge in [0.25, 0.3) is 5.91 Å². The molecular weight excluding hydrogens is 983 g/mol. The molecule has 3 fully saturated rings. The van der Waals surface area contributed by atoms with Crippen LogP contribution < -0.4 is 10.6 Å². The van der Waals surface area contributed by atoms with Crippen molar-refractivity contribution in [2.24, 2.45) is 16.7 Å². The molecule has 76 heavy (non-hydrogen) atoms. The Morgan fingerprint density at radius 3 is 2.01 bits per heavy atom. The lowest BCUT2D eigenvalue weighted by Crippen LogP contribution is -2.82. The van der Waals surface area contributed by atoms with Crippen molar-refractivity contribution >= 4 is 47.4 Å². The molecule has 0 spiro atoms. The lowest BCUT2D eigenvalue weighted by molar-refractivity contribution is -0.346. The van der Waals surface area contributed by atoms with Gasteiger partial charge in [-0.25, -0.2) is 9.59 Å². The maximum absolute atomic E-state index is 15.8. The van der Waals surface area contributed by atoms with Gasteiger partial charge in [0.15, 0.2) is 17.5 Å². The molecule has 3 aliphatic carbocycles. The van der Waals surface area contributed by atoms with E-state index in [9.17, 15) is 39.0 Å². The second kappa shape index (κ2) is 23.2. The Labute approximate surface area is 441 Å². The van der Waals surface area contributed by atoms with Crippen molar-refractivity contribution in [3.63, 3.8) is 0 Å². The van der Waals surface area contributed by atoms with Crippen molar-refractivity contribution < 1.29 is 77.0 Å². The van der Waals surface area contributed by atoms with Gasteiger partial charge in [-0.2, -0.15) is 0 Å². The standard InChI is InChI=1S/C57H69N3O16/c1-33-39(73-53(69)47(74-43(65)27-18-26-42(64)58-28-19-29-60(7)8)45(36-20-12-9-13-21-36)59-51(67)37-22-14-10-15-23-37)31-57(70)50(75-52(68)38-24-16-11-17-25-38)48-55(6,40(63)30-41-56(48,32-71-41)76-35(3)62)49(66)46(72-34(2)61)44(33)54(57,4)5/h9-17,20-25,39-41,45-48,50,63,70H,18-19,26-32H2,1-8H3,(H,58,64)(H,59,67)/t39?,40-,41+,45?,46?,47?,48-,50-,55+,56-,57+/m0/s1. The number of carbonyl (C=O) groups is 8. The number of amides is 2. The Bertz CT molecular complexity index is 2700. The summed E-state index contributed by atoms with van der Waals surface area (Å²) in [7, 11) is 3.84. The van der Waals surface area contributed by atoms with E-state index in [1.807, 2.05) is 19.0 Å². The molecular formula is C57H69N3O16. The number of benzene rings is 3. The van der Waals surface area contributed by atoms with E-state index in [0.717, 1.165) is 20.4 Å². The highest BCUT2D eigenvalue weighted by Crippen LogP contribution is 2.64. The molecule has 2 saturated carbocycles. The fourth-order valence-corrected chi connectivity index (χ4v) is 11.6. The summed E-state index contributed by atoms with van der Waals surface area (Å²) in [4.78, 5) is 115. The number of hydrogen-bond donors (Lipinski definition) is 4. The zero-order valence-electron chi connectivity index (χ0n) is 44.2. The lowest BCUT2D eigenvalue weighted by Gasteiger charge is -2.67. The average molecular weight is 1050 g/mol. The van der Waals surface area contributed by atoms with Crippen LogP contribution in [0, 0.1) is 16.7 Å². The number of Topliss-reactive ketones (excluding diaryl/α,β-unsaturated/α-hetero) is 1. The molecule has 4 aliphatic rings. The Hall–Kier alpha value is -6.80. The van der Waals surface area contributed by atoms with Gasteiger partial charge < -0.3 is 54.2 Å². The van der Waals surface area contributed by atoms with Gasteiger partial charge >= 0.3 is 29.8 Å². The number of rotatable bonds is 19. The van der Waals surface area contributed by atoms with Gasteiger partial charge in [-0.15, -0.1) is 0 Å². The fourth-order valence-electron chi connectivity index (χ4n) is 11.6. The minimum absolute atomic E-state index is 0.0343. The van der Waals surface area contributed by atoms with Crippen LogP contribution in [0.25, 0.3) is 0 Å². The number of fused-ring (bicyclic) bond motifs is 5. The number of hydrogen-bond acceptors (Lipinski definition) is 17. The topological polar surface area (TPSA) is 260 Å². The number of ether oxygens (including phenoxy) is 6. The minimum atomic E-state index is -2.48. The quantitative estimate of drug-likeness (QED) is 0.0557. The van der Waals surface area contributed by atoms with Crippen LogP contribution in [0.2, 0.25) is 0 Å². The van der Waals surface area contributed by atoms with Crippen LogP contribution in [0.3, 0.4) is 0 Å². The number of ketones is 1. The number of esters is 5. The highest BCUT2D eigenvalue weighted by atomic mass is 16.6. The van der Waals surface area contributed by atoms with Gasteiger partial charge in [0.05, 0.1) is 29.6 Å². The van der Waals surface area contributed by atoms with Crippen LogP contribution in [0.15, 0.2) is 102 Å². The first-order valence-corrected chi connectivity index (χ1v) is 25.6. The van der Waals surface area contributed by atoms with Crippen molar-refractivity contribution in [3.8, 4) is 0 Å². The average Bonchev–Trinajstić information content (AvgIpc) is 3.48. The summed E-state index contributed by atoms with van der Waals surface area (Å²) in [5.41, 5.74) is -7.53. The maximum Gasteiger partial charge on any atom is 0.350 e. The third kappa shape index (κ3) is 11.3. The van der Waals surface area contributed by atoms with Crippen LogP contribution in [0.1, 0.15) is 112 Å². The summed E-state index contributed by atoms with van der Waals surface area (Å²) in [6.45, 7) is 9.04. The summed E-state index contributed by atoms with van der Waals surface area (Å²) < 4.78 is 36.9. The predicted octanol–water partition coefficient (Wildman–Crippen LogP) is 4.52. The van der Waals surface area contributed by atoms with E-state index in [1.54, 1.807) is 92.7 Å². The first-order chi connectivity index (χ1) is 36.0. The third-order valence-corrected chi connectivity index (χ3v) is 15.6. The second-order valence-electron chi connectivity index (χ2n) is 21.2. The molecule has 4 unspecified atom stereocenters. The maximum atomic E-state index is 15.8. The van der Waals surface area contributed by atoms with E-state index in [0.29, 0.717) is 18.5 Å². The van der Waals surface area contributed by atoms with Crippen molar-refractivity contribution in [3.05, 3.63) is 119 Å². The smallest absolute Gasteiger partial charge is 0.350 e. The Kier molecular flexibility index (Phi) is 17.4. The molecule has 0 radical (unpaired) electrons. The molecule has 1 heterocycles. The fraction of sp³-hybridized carbons (Fsp3) is 0.509. The minimum Gasteiger partial charge on any atom is -0.455 e. The number of nitrogens with zero attached hydrogens (tertiary/aromatic N) is 1. The van der Waals surface area contributed by atoms with Gasteiger partial charge in [-0.1, -0.05) is 80.6 Å². The summed E-state index contributed by atoms with van der Waals surface area (Å²) >= 11 is 0. The molecule has 11 atom stereocenters. The van der Waals surface area contributed by atoms with E-state index in [4.69, 9.17) is 28.4 Å². The van der Waals surface area contributed by atoms with Crippen molar-refractivity contribution in [2.45, 2.75) is 134 Å². The van der Waals surface area contributed by atoms with Gasteiger partial charge in [0, 0.05) is 57.1 Å². The second-order valence-corrected chi connectivity index (χ2v) is 21.2. The molecule has 2 bridgehead atoms.